The molecule has 0 unspecified atom stereocenters. The molecular weight excluding hydrogens is 543 g/mol. The lowest BCUT2D eigenvalue weighted by Crippen LogP contribution is -2.26. The first-order valence-electron chi connectivity index (χ1n) is 10.3. The molecule has 0 amide bonds. The lowest BCUT2D eigenvalue weighted by atomic mass is 10.00. The highest BCUT2D eigenvalue weighted by molar-refractivity contribution is 14.1. The molecular formula is C23H20F2IN5O2. The first-order chi connectivity index (χ1) is 15.7. The fourth-order valence-electron chi connectivity index (χ4n) is 3.97. The average molecular weight is 563 g/mol. The monoisotopic (exact) mass is 563 g/mol. The molecule has 1 aliphatic rings. The maximum atomic E-state index is 14.2. The molecule has 1 aliphatic heterocycles. The molecule has 0 saturated carbocycles. The topological polar surface area (TPSA) is 85.1 Å². The van der Waals surface area contributed by atoms with Gasteiger partial charge in [0.05, 0.1) is 5.54 Å². The molecule has 3 heterocycles. The minimum atomic E-state index is -0.725. The van der Waals surface area contributed by atoms with Crippen molar-refractivity contribution in [3.8, 4) is 22.9 Å². The highest BCUT2D eigenvalue weighted by Crippen LogP contribution is 2.36. The number of ether oxygens (including phenoxy) is 1. The summed E-state index contributed by atoms with van der Waals surface area (Å²) in [5.41, 5.74) is 2.43. The Kier molecular flexibility index (Phi) is 5.34. The van der Waals surface area contributed by atoms with Gasteiger partial charge >= 0.3 is 0 Å². The van der Waals surface area contributed by atoms with Gasteiger partial charge in [-0.3, -0.25) is 4.57 Å². The van der Waals surface area contributed by atoms with Crippen LogP contribution >= 0.6 is 22.6 Å². The van der Waals surface area contributed by atoms with Crippen molar-refractivity contribution in [1.29, 1.82) is 0 Å². The van der Waals surface area contributed by atoms with Gasteiger partial charge in [-0.25, -0.2) is 18.7 Å². The number of benzene rings is 2. The molecule has 0 bridgehead atoms. The predicted molar refractivity (Wildman–Crippen MR) is 129 cm³/mol. The maximum Gasteiger partial charge on any atom is 0.299 e. The van der Waals surface area contributed by atoms with E-state index in [1.54, 1.807) is 12.1 Å². The van der Waals surface area contributed by atoms with Crippen LogP contribution in [0.1, 0.15) is 19.4 Å². The smallest absolute Gasteiger partial charge is 0.299 e. The Hall–Kier alpha value is -3.02. The van der Waals surface area contributed by atoms with E-state index in [1.165, 1.54) is 18.2 Å². The number of nitrogens with one attached hydrogen (secondary N) is 1. The van der Waals surface area contributed by atoms with E-state index in [2.05, 4.69) is 56.7 Å². The molecule has 10 heteroatoms. The average Bonchev–Trinajstić information content (AvgIpc) is 3.27. The minimum Gasteiger partial charge on any atom is -0.507 e. The number of anilines is 1. The molecule has 0 radical (unpaired) electrons. The molecule has 2 aromatic carbocycles. The maximum absolute atomic E-state index is 14.2. The quantitative estimate of drug-likeness (QED) is 0.267. The highest BCUT2D eigenvalue weighted by Gasteiger charge is 2.36. The summed E-state index contributed by atoms with van der Waals surface area (Å²) >= 11 is 2.08. The molecule has 2 aromatic heterocycles. The summed E-state index contributed by atoms with van der Waals surface area (Å²) in [4.78, 5) is 13.6. The number of aromatic hydroxyl groups is 1. The Morgan fingerprint density at radius 1 is 1.12 bits per heavy atom. The van der Waals surface area contributed by atoms with Crippen LogP contribution in [0.4, 0.5) is 14.6 Å². The van der Waals surface area contributed by atoms with Crippen LogP contribution in [0.2, 0.25) is 0 Å². The highest BCUT2D eigenvalue weighted by atomic mass is 127. The third-order valence-electron chi connectivity index (χ3n) is 5.60. The van der Waals surface area contributed by atoms with Crippen molar-refractivity contribution < 1.29 is 18.6 Å². The van der Waals surface area contributed by atoms with Crippen molar-refractivity contribution in [2.75, 3.05) is 18.5 Å². The fraction of sp³-hybridized carbons (Fsp3) is 0.261. The van der Waals surface area contributed by atoms with Crippen LogP contribution in [0.5, 0.6) is 11.8 Å². The van der Waals surface area contributed by atoms with Gasteiger partial charge < -0.3 is 15.2 Å². The largest absolute Gasteiger partial charge is 0.507 e. The van der Waals surface area contributed by atoms with Gasteiger partial charge in [-0.15, -0.1) is 0 Å². The summed E-state index contributed by atoms with van der Waals surface area (Å²) in [6.45, 7) is 5.19. The lowest BCUT2D eigenvalue weighted by Gasteiger charge is -2.18. The number of hydrogen-bond donors (Lipinski definition) is 2. The Bertz CT molecular complexity index is 1390. The van der Waals surface area contributed by atoms with E-state index in [9.17, 15) is 13.9 Å². The number of fused-ring (bicyclic) bond motifs is 3. The molecule has 7 nitrogen and oxygen atoms in total. The summed E-state index contributed by atoms with van der Waals surface area (Å²) in [5.74, 6) is -0.855. The number of phenolic OH excluding ortho intramolecular Hbond substituents is 1. The Morgan fingerprint density at radius 2 is 1.94 bits per heavy atom. The Labute approximate surface area is 202 Å². The number of halogens is 3. The molecule has 33 heavy (non-hydrogen) atoms. The van der Waals surface area contributed by atoms with E-state index >= 15 is 0 Å². The second-order valence-electron chi connectivity index (χ2n) is 8.50. The van der Waals surface area contributed by atoms with Crippen molar-refractivity contribution in [2.45, 2.75) is 25.8 Å². The number of aromatic nitrogens is 4. The fourth-order valence-corrected chi connectivity index (χ4v) is 4.44. The number of phenols is 1. The number of rotatable bonds is 5. The second kappa shape index (κ2) is 8.08. The van der Waals surface area contributed by atoms with Crippen molar-refractivity contribution in [3.63, 3.8) is 0 Å². The zero-order chi connectivity index (χ0) is 23.3. The van der Waals surface area contributed by atoms with Crippen molar-refractivity contribution in [2.24, 2.45) is 0 Å². The van der Waals surface area contributed by atoms with E-state index in [0.717, 1.165) is 11.6 Å². The van der Waals surface area contributed by atoms with Crippen molar-refractivity contribution >= 4 is 39.6 Å². The third-order valence-corrected chi connectivity index (χ3v) is 6.08. The standard InChI is InChI=1S/C23H20F2IN5O2/c1-23(2)11-33-22-28-18-19(29-21(26)30-20(18)31(22)23)27-8-7-12-3-6-17(32)15(9-12)14-5-4-13(24)10-16(14)25/h3-6,9-10,32H,7-8,11H2,1-2H3,(H,27,29,30). The minimum absolute atomic E-state index is 0.0700. The zero-order valence-corrected chi connectivity index (χ0v) is 20.0. The van der Waals surface area contributed by atoms with Gasteiger partial charge in [0.25, 0.3) is 6.01 Å². The van der Waals surface area contributed by atoms with Gasteiger partial charge in [0.15, 0.2) is 20.8 Å². The van der Waals surface area contributed by atoms with Crippen molar-refractivity contribution in [1.82, 2.24) is 19.5 Å². The summed E-state index contributed by atoms with van der Waals surface area (Å²) in [5, 5.41) is 13.5. The van der Waals surface area contributed by atoms with Gasteiger partial charge in [-0.2, -0.15) is 4.98 Å². The van der Waals surface area contributed by atoms with Gasteiger partial charge in [0.1, 0.15) is 24.0 Å². The van der Waals surface area contributed by atoms with E-state index < -0.39 is 11.6 Å². The summed E-state index contributed by atoms with van der Waals surface area (Å²) in [7, 11) is 0. The van der Waals surface area contributed by atoms with Gasteiger partial charge in [0, 0.05) is 46.3 Å². The third kappa shape index (κ3) is 3.96. The molecule has 5 rings (SSSR count). The van der Waals surface area contributed by atoms with Crippen LogP contribution in [0.15, 0.2) is 36.4 Å². The normalized spacial score (nSPS) is 14.3. The molecule has 0 aliphatic carbocycles. The second-order valence-corrected chi connectivity index (χ2v) is 9.46. The Balaban J connectivity index is 1.39. The van der Waals surface area contributed by atoms with E-state index in [-0.39, 0.29) is 16.9 Å². The summed E-state index contributed by atoms with van der Waals surface area (Å²) in [6.07, 6.45) is 0.577. The zero-order valence-electron chi connectivity index (χ0n) is 17.9. The summed E-state index contributed by atoms with van der Waals surface area (Å²) < 4.78 is 35.8. The molecule has 0 spiro atoms. The molecule has 0 atom stereocenters. The van der Waals surface area contributed by atoms with E-state index in [0.29, 0.717) is 52.0 Å². The SMILES string of the molecule is CC1(C)COc2nc3c(NCCc4ccc(O)c(-c5ccc(F)cc5F)c4)nc(I)nc3n21. The molecule has 0 fully saturated rings. The van der Waals surface area contributed by atoms with Crippen LogP contribution in [-0.4, -0.2) is 37.8 Å². The van der Waals surface area contributed by atoms with Crippen LogP contribution < -0.4 is 10.1 Å². The van der Waals surface area contributed by atoms with Crippen molar-refractivity contribution in [3.05, 3.63) is 57.4 Å². The number of hydrogen-bond acceptors (Lipinski definition) is 6. The van der Waals surface area contributed by atoms with Gasteiger partial charge in [0.2, 0.25) is 0 Å². The van der Waals surface area contributed by atoms with E-state index in [4.69, 9.17) is 4.74 Å². The lowest BCUT2D eigenvalue weighted by molar-refractivity contribution is 0.268. The van der Waals surface area contributed by atoms with Crippen LogP contribution in [0.25, 0.3) is 22.3 Å². The number of nitrogens with zero attached hydrogens (tertiary/aromatic N) is 4. The van der Waals surface area contributed by atoms with Crippen LogP contribution in [-0.2, 0) is 12.0 Å². The molecule has 170 valence electrons. The Morgan fingerprint density at radius 3 is 2.73 bits per heavy atom. The van der Waals surface area contributed by atoms with Crippen LogP contribution in [0, 0.1) is 15.5 Å². The summed E-state index contributed by atoms with van der Waals surface area (Å²) in [6, 6.07) is 8.80. The molecule has 4 aromatic rings. The van der Waals surface area contributed by atoms with Gasteiger partial charge in [-0.1, -0.05) is 6.07 Å². The first kappa shape index (κ1) is 21.8. The van der Waals surface area contributed by atoms with Crippen LogP contribution in [0.3, 0.4) is 0 Å². The van der Waals surface area contributed by atoms with Gasteiger partial charge in [-0.05, 0) is 50.1 Å². The number of imidazole rings is 1. The first-order valence-corrected chi connectivity index (χ1v) is 11.4. The van der Waals surface area contributed by atoms with E-state index in [1.807, 2.05) is 4.57 Å². The predicted octanol–water partition coefficient (Wildman–Crippen LogP) is 4.86. The molecule has 0 saturated heterocycles. The molecule has 2 N–H and O–H groups in total.